The number of rotatable bonds is 3. The van der Waals surface area contributed by atoms with Crippen molar-refractivity contribution in [2.75, 3.05) is 26.3 Å². The van der Waals surface area contributed by atoms with Crippen LogP contribution in [0.2, 0.25) is 0 Å². The van der Waals surface area contributed by atoms with Gasteiger partial charge in [0, 0.05) is 24.2 Å². The Bertz CT molecular complexity index is 793. The van der Waals surface area contributed by atoms with E-state index in [0.29, 0.717) is 54.1 Å². The third-order valence-corrected chi connectivity index (χ3v) is 4.94. The van der Waals surface area contributed by atoms with Crippen LogP contribution in [0.5, 0.6) is 0 Å². The largest absolute Gasteiger partial charge is 0.448 e. The van der Waals surface area contributed by atoms with Gasteiger partial charge in [-0.1, -0.05) is 19.1 Å². The van der Waals surface area contributed by atoms with Gasteiger partial charge in [-0.3, -0.25) is 4.79 Å². The first-order chi connectivity index (χ1) is 12.3. The van der Waals surface area contributed by atoms with Crippen LogP contribution in [0.3, 0.4) is 0 Å². The summed E-state index contributed by atoms with van der Waals surface area (Å²) in [5.41, 5.74) is 0.774. The van der Waals surface area contributed by atoms with Crippen LogP contribution < -0.4 is 0 Å². The molecule has 0 unspecified atom stereocenters. The fourth-order valence-corrected chi connectivity index (χ4v) is 3.56. The van der Waals surface area contributed by atoms with Crippen molar-refractivity contribution >= 4 is 21.8 Å². The van der Waals surface area contributed by atoms with Crippen LogP contribution in [0.1, 0.15) is 28.4 Å². The number of ether oxygens (including phenoxy) is 1. The molecular weight excluding hydrogens is 415 g/mol. The van der Waals surface area contributed by atoms with E-state index in [0.717, 1.165) is 12.1 Å². The highest BCUT2D eigenvalue weighted by Gasteiger charge is 2.32. The van der Waals surface area contributed by atoms with Crippen LogP contribution in [-0.2, 0) is 17.3 Å². The van der Waals surface area contributed by atoms with Crippen molar-refractivity contribution in [1.82, 2.24) is 4.90 Å². The van der Waals surface area contributed by atoms with Crippen LogP contribution in [0.4, 0.5) is 13.2 Å². The molecule has 1 aromatic carbocycles. The number of carbonyl (C=O) groups is 1. The van der Waals surface area contributed by atoms with Crippen LogP contribution in [-0.4, -0.2) is 37.1 Å². The number of halogens is 4. The Morgan fingerprint density at radius 2 is 1.81 bits per heavy atom. The molecule has 0 N–H and O–H groups in total. The number of benzene rings is 1. The van der Waals surface area contributed by atoms with Gasteiger partial charge in [0.1, 0.15) is 5.76 Å². The van der Waals surface area contributed by atoms with Crippen LogP contribution in [0.25, 0.3) is 11.3 Å². The molecule has 1 fully saturated rings. The van der Waals surface area contributed by atoms with E-state index in [1.807, 2.05) is 6.92 Å². The lowest BCUT2D eigenvalue weighted by Gasteiger charge is -2.27. The van der Waals surface area contributed by atoms with E-state index in [1.54, 1.807) is 4.90 Å². The Morgan fingerprint density at radius 3 is 2.35 bits per heavy atom. The third-order valence-electron chi connectivity index (χ3n) is 4.30. The molecule has 1 saturated heterocycles. The number of furan rings is 1. The summed E-state index contributed by atoms with van der Waals surface area (Å²) in [5, 5.41) is 0. The minimum absolute atomic E-state index is 0.200. The SMILES string of the molecule is CCc1c(Br)oc(-c2ccc(C(F)(F)F)cc2)c1C(=O)N1CCOCC1. The molecule has 2 aromatic rings. The van der Waals surface area contributed by atoms with E-state index in [-0.39, 0.29) is 11.7 Å². The van der Waals surface area contributed by atoms with Crippen molar-refractivity contribution in [2.24, 2.45) is 0 Å². The molecule has 1 aliphatic heterocycles. The van der Waals surface area contributed by atoms with Gasteiger partial charge in [-0.2, -0.15) is 13.2 Å². The molecule has 0 bridgehead atoms. The zero-order chi connectivity index (χ0) is 18.9. The molecular formula is C18H17BrF3NO3. The van der Waals surface area contributed by atoms with Gasteiger partial charge in [0.05, 0.1) is 24.3 Å². The second-order valence-electron chi connectivity index (χ2n) is 5.89. The van der Waals surface area contributed by atoms with Crippen molar-refractivity contribution in [1.29, 1.82) is 0 Å². The van der Waals surface area contributed by atoms with Gasteiger partial charge >= 0.3 is 6.18 Å². The van der Waals surface area contributed by atoms with Crippen molar-refractivity contribution in [3.8, 4) is 11.3 Å². The zero-order valence-corrected chi connectivity index (χ0v) is 15.6. The van der Waals surface area contributed by atoms with Gasteiger partial charge in [-0.25, -0.2) is 0 Å². The fourth-order valence-electron chi connectivity index (χ4n) is 2.92. The number of morpholine rings is 1. The van der Waals surface area contributed by atoms with Gasteiger partial charge in [-0.15, -0.1) is 0 Å². The van der Waals surface area contributed by atoms with Gasteiger partial charge in [0.2, 0.25) is 0 Å². The number of hydrogen-bond donors (Lipinski definition) is 0. The summed E-state index contributed by atoms with van der Waals surface area (Å²) >= 11 is 3.32. The zero-order valence-electron chi connectivity index (χ0n) is 14.0. The average molecular weight is 432 g/mol. The summed E-state index contributed by atoms with van der Waals surface area (Å²) in [5.74, 6) is 0.0773. The Balaban J connectivity index is 2.03. The van der Waals surface area contributed by atoms with E-state index >= 15 is 0 Å². The molecule has 0 radical (unpaired) electrons. The van der Waals surface area contributed by atoms with Gasteiger partial charge in [0.25, 0.3) is 5.91 Å². The molecule has 8 heteroatoms. The maximum Gasteiger partial charge on any atom is 0.416 e. The fraction of sp³-hybridized carbons (Fsp3) is 0.389. The first kappa shape index (κ1) is 19.0. The van der Waals surface area contributed by atoms with Crippen LogP contribution >= 0.6 is 15.9 Å². The van der Waals surface area contributed by atoms with Gasteiger partial charge in [0.15, 0.2) is 4.67 Å². The van der Waals surface area contributed by atoms with E-state index in [2.05, 4.69) is 15.9 Å². The maximum atomic E-state index is 13.0. The van der Waals surface area contributed by atoms with Crippen LogP contribution in [0.15, 0.2) is 33.4 Å². The molecule has 0 saturated carbocycles. The van der Waals surface area contributed by atoms with E-state index < -0.39 is 11.7 Å². The predicted molar refractivity (Wildman–Crippen MR) is 92.9 cm³/mol. The van der Waals surface area contributed by atoms with Gasteiger partial charge in [-0.05, 0) is 34.5 Å². The summed E-state index contributed by atoms with van der Waals surface area (Å²) < 4.78 is 49.8. The summed E-state index contributed by atoms with van der Waals surface area (Å²) in [6.45, 7) is 3.75. The minimum Gasteiger partial charge on any atom is -0.448 e. The highest BCUT2D eigenvalue weighted by atomic mass is 79.9. The van der Waals surface area contributed by atoms with E-state index in [1.165, 1.54) is 12.1 Å². The molecule has 0 atom stereocenters. The topological polar surface area (TPSA) is 42.7 Å². The monoisotopic (exact) mass is 431 g/mol. The summed E-state index contributed by atoms with van der Waals surface area (Å²) in [7, 11) is 0. The first-order valence-electron chi connectivity index (χ1n) is 8.18. The van der Waals surface area contributed by atoms with Crippen molar-refractivity contribution in [2.45, 2.75) is 19.5 Å². The van der Waals surface area contributed by atoms with Crippen molar-refractivity contribution in [3.05, 3.63) is 45.6 Å². The first-order valence-corrected chi connectivity index (χ1v) is 8.98. The lowest BCUT2D eigenvalue weighted by Crippen LogP contribution is -2.41. The highest BCUT2D eigenvalue weighted by Crippen LogP contribution is 2.37. The number of amides is 1. The number of hydrogen-bond acceptors (Lipinski definition) is 3. The Morgan fingerprint density at radius 1 is 1.19 bits per heavy atom. The Labute approximate surface area is 157 Å². The molecule has 2 heterocycles. The molecule has 4 nitrogen and oxygen atoms in total. The molecule has 26 heavy (non-hydrogen) atoms. The summed E-state index contributed by atoms with van der Waals surface area (Å²) in [6.07, 6.45) is -3.86. The normalized spacial score (nSPS) is 15.3. The maximum absolute atomic E-state index is 13.0. The van der Waals surface area contributed by atoms with Crippen molar-refractivity contribution < 1.29 is 27.1 Å². The van der Waals surface area contributed by atoms with Crippen molar-refractivity contribution in [3.63, 3.8) is 0 Å². The lowest BCUT2D eigenvalue weighted by atomic mass is 10.0. The number of alkyl halides is 3. The lowest BCUT2D eigenvalue weighted by molar-refractivity contribution is -0.137. The average Bonchev–Trinajstić information content (AvgIpc) is 2.97. The predicted octanol–water partition coefficient (Wildman–Crippen LogP) is 4.76. The third kappa shape index (κ3) is 3.66. The Kier molecular flexibility index (Phi) is 5.43. The molecule has 140 valence electrons. The van der Waals surface area contributed by atoms with Crippen LogP contribution in [0, 0.1) is 0 Å². The standard InChI is InChI=1S/C18H17BrF3NO3/c1-2-13-14(17(24)23-7-9-25-10-8-23)15(26-16(13)19)11-3-5-12(6-4-11)18(20,21)22/h3-6H,2,7-10H2,1H3. The minimum atomic E-state index is -4.41. The molecule has 1 aliphatic rings. The Hall–Kier alpha value is -1.80. The second-order valence-corrected chi connectivity index (χ2v) is 6.61. The summed E-state index contributed by atoms with van der Waals surface area (Å²) in [4.78, 5) is 14.7. The smallest absolute Gasteiger partial charge is 0.416 e. The second kappa shape index (κ2) is 7.44. The molecule has 1 amide bonds. The summed E-state index contributed by atoms with van der Waals surface area (Å²) in [6, 6.07) is 4.62. The molecule has 1 aromatic heterocycles. The number of carbonyl (C=O) groups excluding carboxylic acids is 1. The van der Waals surface area contributed by atoms with E-state index in [4.69, 9.17) is 9.15 Å². The molecule has 3 rings (SSSR count). The van der Waals surface area contributed by atoms with Gasteiger partial charge < -0.3 is 14.1 Å². The molecule has 0 aliphatic carbocycles. The molecule has 0 spiro atoms. The quantitative estimate of drug-likeness (QED) is 0.703. The van der Waals surface area contributed by atoms with E-state index in [9.17, 15) is 18.0 Å². The number of nitrogens with zero attached hydrogens (tertiary/aromatic N) is 1. The highest BCUT2D eigenvalue weighted by molar-refractivity contribution is 9.10.